The van der Waals surface area contributed by atoms with E-state index in [9.17, 15) is 0 Å². The number of aromatic nitrogens is 1. The molecule has 0 fully saturated rings. The Morgan fingerprint density at radius 1 is 1.00 bits per heavy atom. The highest BCUT2D eigenvalue weighted by Crippen LogP contribution is 2.19. The Balaban J connectivity index is 1.90. The SMILES string of the molecule is CCCNc1cc(COc2ccc(OCC)cc2)ccn1. The molecule has 4 heteroatoms. The van der Waals surface area contributed by atoms with Gasteiger partial charge in [-0.05, 0) is 55.3 Å². The summed E-state index contributed by atoms with van der Waals surface area (Å²) in [5.74, 6) is 2.59. The van der Waals surface area contributed by atoms with E-state index in [2.05, 4.69) is 17.2 Å². The van der Waals surface area contributed by atoms with E-state index in [0.29, 0.717) is 13.2 Å². The predicted octanol–water partition coefficient (Wildman–Crippen LogP) is 3.88. The molecule has 112 valence electrons. The van der Waals surface area contributed by atoms with Crippen molar-refractivity contribution in [3.8, 4) is 11.5 Å². The van der Waals surface area contributed by atoms with Crippen LogP contribution in [0.25, 0.3) is 0 Å². The van der Waals surface area contributed by atoms with Crippen LogP contribution >= 0.6 is 0 Å². The van der Waals surface area contributed by atoms with Gasteiger partial charge in [-0.25, -0.2) is 4.98 Å². The average Bonchev–Trinajstić information content (AvgIpc) is 2.53. The summed E-state index contributed by atoms with van der Waals surface area (Å²) in [6.45, 7) is 6.22. The number of ether oxygens (including phenoxy) is 2. The fourth-order valence-electron chi connectivity index (χ4n) is 1.88. The van der Waals surface area contributed by atoms with Crippen LogP contribution in [0.4, 0.5) is 5.82 Å². The quantitative estimate of drug-likeness (QED) is 0.799. The van der Waals surface area contributed by atoms with Gasteiger partial charge in [0.15, 0.2) is 0 Å². The van der Waals surface area contributed by atoms with E-state index < -0.39 is 0 Å². The standard InChI is InChI=1S/C17H22N2O2/c1-3-10-18-17-12-14(9-11-19-17)13-21-16-7-5-15(6-8-16)20-4-2/h5-9,11-12H,3-4,10,13H2,1-2H3,(H,18,19). The predicted molar refractivity (Wildman–Crippen MR) is 85.0 cm³/mol. The molecule has 0 saturated carbocycles. The number of hydrogen-bond donors (Lipinski definition) is 1. The lowest BCUT2D eigenvalue weighted by atomic mass is 10.2. The molecule has 21 heavy (non-hydrogen) atoms. The Kier molecular flexibility index (Phi) is 5.88. The van der Waals surface area contributed by atoms with Crippen molar-refractivity contribution in [3.63, 3.8) is 0 Å². The fourth-order valence-corrected chi connectivity index (χ4v) is 1.88. The van der Waals surface area contributed by atoms with Gasteiger partial charge in [0.2, 0.25) is 0 Å². The highest BCUT2D eigenvalue weighted by atomic mass is 16.5. The Bertz CT molecular complexity index is 541. The van der Waals surface area contributed by atoms with Crippen molar-refractivity contribution in [2.24, 2.45) is 0 Å². The lowest BCUT2D eigenvalue weighted by Gasteiger charge is -2.09. The number of anilines is 1. The van der Waals surface area contributed by atoms with Crippen molar-refractivity contribution < 1.29 is 9.47 Å². The number of nitrogens with zero attached hydrogens (tertiary/aromatic N) is 1. The van der Waals surface area contributed by atoms with Crippen LogP contribution in [0.2, 0.25) is 0 Å². The van der Waals surface area contributed by atoms with Gasteiger partial charge in [0.1, 0.15) is 23.9 Å². The summed E-state index contributed by atoms with van der Waals surface area (Å²) >= 11 is 0. The highest BCUT2D eigenvalue weighted by Gasteiger charge is 2.00. The van der Waals surface area contributed by atoms with Crippen molar-refractivity contribution in [1.82, 2.24) is 4.98 Å². The molecule has 1 N–H and O–H groups in total. The topological polar surface area (TPSA) is 43.4 Å². The molecular weight excluding hydrogens is 264 g/mol. The molecule has 1 aromatic heterocycles. The maximum atomic E-state index is 5.77. The summed E-state index contributed by atoms with van der Waals surface area (Å²) in [6.07, 6.45) is 2.88. The molecule has 1 aromatic carbocycles. The van der Waals surface area contributed by atoms with E-state index in [0.717, 1.165) is 35.8 Å². The van der Waals surface area contributed by atoms with E-state index in [4.69, 9.17) is 9.47 Å². The van der Waals surface area contributed by atoms with E-state index in [1.165, 1.54) is 0 Å². The summed E-state index contributed by atoms with van der Waals surface area (Å²) in [5, 5.41) is 3.27. The molecule has 0 saturated heterocycles. The molecule has 0 amide bonds. The second-order valence-corrected chi connectivity index (χ2v) is 4.67. The van der Waals surface area contributed by atoms with Crippen LogP contribution in [0.5, 0.6) is 11.5 Å². The van der Waals surface area contributed by atoms with Gasteiger partial charge in [-0.1, -0.05) is 6.92 Å². The first-order chi connectivity index (χ1) is 10.3. The zero-order chi connectivity index (χ0) is 14.9. The van der Waals surface area contributed by atoms with Crippen LogP contribution < -0.4 is 14.8 Å². The molecule has 0 radical (unpaired) electrons. The second-order valence-electron chi connectivity index (χ2n) is 4.67. The van der Waals surface area contributed by atoms with Crippen molar-refractivity contribution in [2.45, 2.75) is 26.9 Å². The summed E-state index contributed by atoms with van der Waals surface area (Å²) in [6, 6.07) is 11.7. The molecular formula is C17H22N2O2. The van der Waals surface area contributed by atoms with Crippen molar-refractivity contribution in [1.29, 1.82) is 0 Å². The minimum atomic E-state index is 0.525. The third-order valence-electron chi connectivity index (χ3n) is 2.92. The third kappa shape index (κ3) is 4.99. The van der Waals surface area contributed by atoms with Crippen LogP contribution in [0.1, 0.15) is 25.8 Å². The summed E-state index contributed by atoms with van der Waals surface area (Å²) < 4.78 is 11.2. The van der Waals surface area contributed by atoms with Gasteiger partial charge in [0.25, 0.3) is 0 Å². The molecule has 2 aromatic rings. The van der Waals surface area contributed by atoms with Crippen molar-refractivity contribution in [2.75, 3.05) is 18.5 Å². The number of pyridine rings is 1. The molecule has 0 unspecified atom stereocenters. The first kappa shape index (κ1) is 15.2. The monoisotopic (exact) mass is 286 g/mol. The summed E-state index contributed by atoms with van der Waals surface area (Å²) in [7, 11) is 0. The molecule has 1 heterocycles. The minimum Gasteiger partial charge on any atom is -0.494 e. The Morgan fingerprint density at radius 3 is 2.38 bits per heavy atom. The van der Waals surface area contributed by atoms with Gasteiger partial charge in [-0.2, -0.15) is 0 Å². The number of hydrogen-bond acceptors (Lipinski definition) is 4. The Labute approximate surface area is 126 Å². The molecule has 0 aliphatic carbocycles. The van der Waals surface area contributed by atoms with Gasteiger partial charge < -0.3 is 14.8 Å². The van der Waals surface area contributed by atoms with E-state index >= 15 is 0 Å². The van der Waals surface area contributed by atoms with E-state index in [1.807, 2.05) is 43.3 Å². The van der Waals surface area contributed by atoms with Gasteiger partial charge in [-0.15, -0.1) is 0 Å². The van der Waals surface area contributed by atoms with Crippen LogP contribution in [0, 0.1) is 0 Å². The van der Waals surface area contributed by atoms with Crippen molar-refractivity contribution >= 4 is 5.82 Å². The smallest absolute Gasteiger partial charge is 0.126 e. The maximum absolute atomic E-state index is 5.77. The Morgan fingerprint density at radius 2 is 1.71 bits per heavy atom. The van der Waals surface area contributed by atoms with Gasteiger partial charge >= 0.3 is 0 Å². The number of benzene rings is 1. The van der Waals surface area contributed by atoms with E-state index in [1.54, 1.807) is 6.20 Å². The highest BCUT2D eigenvalue weighted by molar-refractivity contribution is 5.37. The van der Waals surface area contributed by atoms with E-state index in [-0.39, 0.29) is 0 Å². The molecule has 0 bridgehead atoms. The Hall–Kier alpha value is -2.23. The molecule has 0 aliphatic rings. The zero-order valence-corrected chi connectivity index (χ0v) is 12.6. The van der Waals surface area contributed by atoms with Gasteiger partial charge in [0, 0.05) is 12.7 Å². The first-order valence-electron chi connectivity index (χ1n) is 7.36. The fraction of sp³-hybridized carbons (Fsp3) is 0.353. The molecule has 0 aliphatic heterocycles. The second kappa shape index (κ2) is 8.15. The molecule has 2 rings (SSSR count). The maximum Gasteiger partial charge on any atom is 0.126 e. The van der Waals surface area contributed by atoms with Gasteiger partial charge in [-0.3, -0.25) is 0 Å². The zero-order valence-electron chi connectivity index (χ0n) is 12.6. The lowest BCUT2D eigenvalue weighted by molar-refractivity contribution is 0.304. The van der Waals surface area contributed by atoms with Crippen LogP contribution in [-0.2, 0) is 6.61 Å². The summed E-state index contributed by atoms with van der Waals surface area (Å²) in [4.78, 5) is 4.28. The largest absolute Gasteiger partial charge is 0.494 e. The minimum absolute atomic E-state index is 0.525. The molecule has 4 nitrogen and oxygen atoms in total. The van der Waals surface area contributed by atoms with Crippen molar-refractivity contribution in [3.05, 3.63) is 48.2 Å². The summed E-state index contributed by atoms with van der Waals surface area (Å²) in [5.41, 5.74) is 1.09. The number of nitrogens with one attached hydrogen (secondary N) is 1. The first-order valence-corrected chi connectivity index (χ1v) is 7.36. The third-order valence-corrected chi connectivity index (χ3v) is 2.92. The lowest BCUT2D eigenvalue weighted by Crippen LogP contribution is -2.03. The van der Waals surface area contributed by atoms with Crippen LogP contribution in [0.3, 0.4) is 0 Å². The van der Waals surface area contributed by atoms with Gasteiger partial charge in [0.05, 0.1) is 6.61 Å². The normalized spacial score (nSPS) is 10.2. The number of rotatable bonds is 8. The van der Waals surface area contributed by atoms with Crippen LogP contribution in [-0.4, -0.2) is 18.1 Å². The average molecular weight is 286 g/mol. The molecule has 0 spiro atoms. The van der Waals surface area contributed by atoms with Crippen LogP contribution in [0.15, 0.2) is 42.6 Å². The molecule has 0 atom stereocenters.